The van der Waals surface area contributed by atoms with Gasteiger partial charge in [0.1, 0.15) is 23.5 Å². The molecule has 7 nitrogen and oxygen atoms in total. The van der Waals surface area contributed by atoms with E-state index in [1.165, 1.54) is 0 Å². The van der Waals surface area contributed by atoms with Gasteiger partial charge < -0.3 is 9.47 Å². The van der Waals surface area contributed by atoms with Gasteiger partial charge in [0.05, 0.1) is 22.9 Å². The van der Waals surface area contributed by atoms with Crippen LogP contribution >= 0.6 is 0 Å². The number of fused-ring (bicyclic) bond motifs is 3. The molecule has 8 heteroatoms. The van der Waals surface area contributed by atoms with E-state index in [0.29, 0.717) is 17.5 Å². The number of hydrogen-bond acceptors (Lipinski definition) is 5. The molecule has 2 aromatic carbocycles. The summed E-state index contributed by atoms with van der Waals surface area (Å²) in [5.74, 6) is 1.67. The Labute approximate surface area is 214 Å². The smallest absolute Gasteiger partial charge is 0.202 e. The number of nitrogens with one attached hydrogen (secondary N) is 1. The standard InChI is InChI=1S/C29H28FN7/c1-4-29(20-7-5-6-8-22(20)30)19-11-12-36(15-21(19)29)25-14-31-27-26(34-35-28(27)33-25)18-9-10-23-24(13-18)37(16-32-23)17(2)3/h5-10,13-14,16,19,21H,2,4,11-12,15H2,1,3H3,(H,33,34,35)/t19-,21+,29-/m1/s1. The van der Waals surface area contributed by atoms with Crippen molar-refractivity contribution in [3.8, 4) is 11.3 Å². The first-order valence-corrected chi connectivity index (χ1v) is 12.9. The Kier molecular flexibility index (Phi) is 4.77. The molecule has 0 spiro atoms. The molecule has 1 saturated heterocycles. The second-order valence-corrected chi connectivity index (χ2v) is 10.4. The number of hydrogen-bond donors (Lipinski definition) is 1. The number of aromatic nitrogens is 6. The van der Waals surface area contributed by atoms with Gasteiger partial charge in [0.2, 0.25) is 5.65 Å². The predicted octanol–water partition coefficient (Wildman–Crippen LogP) is 5.80. The number of anilines is 1. The van der Waals surface area contributed by atoms with Crippen LogP contribution in [-0.4, -0.2) is 42.8 Å². The Morgan fingerprint density at radius 2 is 2.05 bits per heavy atom. The molecule has 0 unspecified atom stereocenters. The fraction of sp³-hybridized carbons (Fsp3) is 0.310. The highest BCUT2D eigenvalue weighted by atomic mass is 19.1. The van der Waals surface area contributed by atoms with Crippen molar-refractivity contribution in [2.45, 2.75) is 32.1 Å². The van der Waals surface area contributed by atoms with Gasteiger partial charge in [-0.15, -0.1) is 0 Å². The second kappa shape index (κ2) is 7.96. The van der Waals surface area contributed by atoms with Gasteiger partial charge >= 0.3 is 0 Å². The topological polar surface area (TPSA) is 75.5 Å². The molecule has 37 heavy (non-hydrogen) atoms. The number of aromatic amines is 1. The lowest BCUT2D eigenvalue weighted by atomic mass is 9.88. The van der Waals surface area contributed by atoms with Crippen LogP contribution < -0.4 is 4.90 Å². The zero-order chi connectivity index (χ0) is 25.3. The minimum atomic E-state index is -0.0833. The van der Waals surface area contributed by atoms with Crippen molar-refractivity contribution >= 4 is 33.7 Å². The molecule has 2 aliphatic rings. The lowest BCUT2D eigenvalue weighted by Crippen LogP contribution is -2.32. The number of halogens is 1. The molecule has 0 amide bonds. The molecule has 1 saturated carbocycles. The summed E-state index contributed by atoms with van der Waals surface area (Å²) in [6.45, 7) is 9.93. The van der Waals surface area contributed by atoms with Crippen molar-refractivity contribution in [2.24, 2.45) is 11.8 Å². The molecule has 1 aliphatic heterocycles. The minimum Gasteiger partial charge on any atom is -0.355 e. The first kappa shape index (κ1) is 22.2. The Bertz CT molecular complexity index is 1680. The molecular formula is C29H28FN7. The SMILES string of the molecule is C=C(C)n1cnc2ccc(-c3[nH]nc4nc(N5CC[C@@H]6[C@H](C5)[C@@]6(CC)c5ccccc5F)cnc34)cc21. The third-order valence-corrected chi connectivity index (χ3v) is 8.61. The van der Waals surface area contributed by atoms with E-state index >= 15 is 0 Å². The highest BCUT2D eigenvalue weighted by molar-refractivity contribution is 5.92. The van der Waals surface area contributed by atoms with Gasteiger partial charge in [0.15, 0.2) is 0 Å². The Morgan fingerprint density at radius 3 is 2.86 bits per heavy atom. The highest BCUT2D eigenvalue weighted by Crippen LogP contribution is 2.65. The van der Waals surface area contributed by atoms with Crippen LogP contribution in [-0.2, 0) is 5.41 Å². The summed E-state index contributed by atoms with van der Waals surface area (Å²) < 4.78 is 16.7. The monoisotopic (exact) mass is 493 g/mol. The Balaban J connectivity index is 1.19. The number of nitrogens with zero attached hydrogens (tertiary/aromatic N) is 6. The maximum atomic E-state index is 14.8. The normalized spacial score (nSPS) is 22.9. The molecule has 2 fully saturated rings. The molecule has 7 rings (SSSR count). The van der Waals surface area contributed by atoms with Crippen molar-refractivity contribution in [3.05, 3.63) is 72.9 Å². The van der Waals surface area contributed by atoms with Gasteiger partial charge in [-0.1, -0.05) is 37.8 Å². The molecule has 0 radical (unpaired) electrons. The largest absolute Gasteiger partial charge is 0.355 e. The molecule has 1 N–H and O–H groups in total. The van der Waals surface area contributed by atoms with Crippen LogP contribution in [0.4, 0.5) is 10.2 Å². The first-order valence-electron chi connectivity index (χ1n) is 12.9. The van der Waals surface area contributed by atoms with Crippen LogP contribution in [0, 0.1) is 17.7 Å². The van der Waals surface area contributed by atoms with Gasteiger partial charge in [-0.05, 0) is 55.4 Å². The molecule has 3 aromatic heterocycles. The molecular weight excluding hydrogens is 465 g/mol. The third-order valence-electron chi connectivity index (χ3n) is 8.61. The second-order valence-electron chi connectivity index (χ2n) is 10.4. The number of imidazole rings is 1. The van der Waals surface area contributed by atoms with Crippen LogP contribution in [0.2, 0.25) is 0 Å². The van der Waals surface area contributed by atoms with Gasteiger partial charge in [-0.2, -0.15) is 5.10 Å². The van der Waals surface area contributed by atoms with E-state index in [-0.39, 0.29) is 11.2 Å². The minimum absolute atomic E-state index is 0.0773. The summed E-state index contributed by atoms with van der Waals surface area (Å²) in [4.78, 5) is 16.4. The molecule has 4 heterocycles. The molecule has 1 aliphatic carbocycles. The van der Waals surface area contributed by atoms with E-state index < -0.39 is 0 Å². The zero-order valence-corrected chi connectivity index (χ0v) is 20.9. The molecule has 3 atom stereocenters. The van der Waals surface area contributed by atoms with Crippen LogP contribution in [0.15, 0.2) is 61.6 Å². The Morgan fingerprint density at radius 1 is 1.19 bits per heavy atom. The average molecular weight is 494 g/mol. The number of H-pyrrole nitrogens is 1. The highest BCUT2D eigenvalue weighted by Gasteiger charge is 2.65. The summed E-state index contributed by atoms with van der Waals surface area (Å²) in [6, 6.07) is 13.4. The molecule has 0 bridgehead atoms. The van der Waals surface area contributed by atoms with E-state index in [1.807, 2.05) is 42.0 Å². The number of piperidine rings is 1. The first-order chi connectivity index (χ1) is 18.0. The van der Waals surface area contributed by atoms with E-state index in [0.717, 1.165) is 70.8 Å². The van der Waals surface area contributed by atoms with Crippen LogP contribution in [0.25, 0.3) is 39.2 Å². The van der Waals surface area contributed by atoms with Crippen molar-refractivity contribution in [3.63, 3.8) is 0 Å². The van der Waals surface area contributed by atoms with Crippen molar-refractivity contribution in [1.29, 1.82) is 0 Å². The van der Waals surface area contributed by atoms with E-state index in [9.17, 15) is 4.39 Å². The number of allylic oxidation sites excluding steroid dienone is 1. The number of benzene rings is 2. The quantitative estimate of drug-likeness (QED) is 0.335. The van der Waals surface area contributed by atoms with Crippen molar-refractivity contribution in [2.75, 3.05) is 18.0 Å². The maximum absolute atomic E-state index is 14.8. The zero-order valence-electron chi connectivity index (χ0n) is 20.9. The van der Waals surface area contributed by atoms with Gasteiger partial charge in [0.25, 0.3) is 0 Å². The van der Waals surface area contributed by atoms with Gasteiger partial charge in [-0.25, -0.2) is 19.3 Å². The van der Waals surface area contributed by atoms with Crippen LogP contribution in [0.5, 0.6) is 0 Å². The Hall–Kier alpha value is -4.07. The van der Waals surface area contributed by atoms with Crippen LogP contribution in [0.3, 0.4) is 0 Å². The fourth-order valence-corrected chi connectivity index (χ4v) is 6.75. The summed E-state index contributed by atoms with van der Waals surface area (Å²) in [5.41, 5.74) is 6.72. The summed E-state index contributed by atoms with van der Waals surface area (Å²) in [7, 11) is 0. The molecule has 186 valence electrons. The van der Waals surface area contributed by atoms with Crippen molar-refractivity contribution < 1.29 is 4.39 Å². The summed E-state index contributed by atoms with van der Waals surface area (Å²) in [5, 5.41) is 7.64. The lowest BCUT2D eigenvalue weighted by Gasteiger charge is -2.26. The third kappa shape index (κ3) is 3.17. The van der Waals surface area contributed by atoms with E-state index in [1.54, 1.807) is 18.5 Å². The van der Waals surface area contributed by atoms with Gasteiger partial charge in [0, 0.05) is 29.8 Å². The fourth-order valence-electron chi connectivity index (χ4n) is 6.75. The number of rotatable bonds is 5. The van der Waals surface area contributed by atoms with Gasteiger partial charge in [-0.3, -0.25) is 5.10 Å². The average Bonchev–Trinajstić information content (AvgIpc) is 3.19. The summed E-state index contributed by atoms with van der Waals surface area (Å²) in [6.07, 6.45) is 5.60. The van der Waals surface area contributed by atoms with Crippen molar-refractivity contribution in [1.82, 2.24) is 29.7 Å². The molecule has 5 aromatic rings. The van der Waals surface area contributed by atoms with E-state index in [4.69, 9.17) is 9.97 Å². The van der Waals surface area contributed by atoms with Crippen LogP contribution in [0.1, 0.15) is 32.3 Å². The summed E-state index contributed by atoms with van der Waals surface area (Å²) >= 11 is 0. The predicted molar refractivity (Wildman–Crippen MR) is 144 cm³/mol. The van der Waals surface area contributed by atoms with E-state index in [2.05, 4.69) is 39.7 Å². The maximum Gasteiger partial charge on any atom is 0.202 e. The lowest BCUT2D eigenvalue weighted by molar-refractivity contribution is 0.516.